The van der Waals surface area contributed by atoms with Crippen molar-refractivity contribution >= 4 is 19.5 Å². The lowest BCUT2D eigenvalue weighted by molar-refractivity contribution is -0.138. The Balaban J connectivity index is 3.97. The first-order chi connectivity index (χ1) is 11.0. The Labute approximate surface area is 137 Å². The lowest BCUT2D eigenvalue weighted by Crippen LogP contribution is -2.08. The SMILES string of the molecule is C=CC(=O)OCCCOP(=O)(CCC)OCCCOC(=O)C=C. The summed E-state index contributed by atoms with van der Waals surface area (Å²) in [5, 5.41) is 0. The van der Waals surface area contributed by atoms with E-state index in [0.29, 0.717) is 25.4 Å². The van der Waals surface area contributed by atoms with Crippen LogP contribution in [0.2, 0.25) is 0 Å². The number of esters is 2. The largest absolute Gasteiger partial charge is 0.462 e. The maximum Gasteiger partial charge on any atom is 0.330 e. The van der Waals surface area contributed by atoms with Crippen molar-refractivity contribution in [2.24, 2.45) is 0 Å². The van der Waals surface area contributed by atoms with Gasteiger partial charge in [0.2, 0.25) is 0 Å². The third-order valence-electron chi connectivity index (χ3n) is 2.47. The van der Waals surface area contributed by atoms with Gasteiger partial charge in [-0.15, -0.1) is 0 Å². The zero-order chi connectivity index (χ0) is 17.6. The molecule has 7 nitrogen and oxygen atoms in total. The average Bonchev–Trinajstić information content (AvgIpc) is 2.53. The highest BCUT2D eigenvalue weighted by molar-refractivity contribution is 7.53. The van der Waals surface area contributed by atoms with Crippen molar-refractivity contribution in [1.29, 1.82) is 0 Å². The first-order valence-electron chi connectivity index (χ1n) is 7.44. The van der Waals surface area contributed by atoms with Crippen LogP contribution in [0.5, 0.6) is 0 Å². The third kappa shape index (κ3) is 11.8. The second-order valence-corrected chi connectivity index (χ2v) is 6.64. The highest BCUT2D eigenvalue weighted by atomic mass is 31.2. The number of carbonyl (C=O) groups is 2. The molecule has 0 bridgehead atoms. The predicted octanol–water partition coefficient (Wildman–Crippen LogP) is 2.86. The number of ether oxygens (including phenoxy) is 2. The second kappa shape index (κ2) is 13.0. The smallest absolute Gasteiger partial charge is 0.330 e. The van der Waals surface area contributed by atoms with Crippen LogP contribution in [0.15, 0.2) is 25.3 Å². The lowest BCUT2D eigenvalue weighted by Gasteiger charge is -2.18. The van der Waals surface area contributed by atoms with Gasteiger partial charge in [-0.1, -0.05) is 20.1 Å². The molecule has 0 aromatic heterocycles. The quantitative estimate of drug-likeness (QED) is 0.206. The Kier molecular flexibility index (Phi) is 12.2. The molecule has 0 spiro atoms. The topological polar surface area (TPSA) is 88.1 Å². The maximum atomic E-state index is 12.4. The monoisotopic (exact) mass is 348 g/mol. The Morgan fingerprint density at radius 3 is 1.70 bits per heavy atom. The van der Waals surface area contributed by atoms with E-state index in [1.807, 2.05) is 6.92 Å². The molecule has 0 heterocycles. The number of hydrogen-bond acceptors (Lipinski definition) is 7. The summed E-state index contributed by atoms with van der Waals surface area (Å²) in [6.07, 6.45) is 3.91. The van der Waals surface area contributed by atoms with Crippen LogP contribution in [-0.4, -0.2) is 44.5 Å². The lowest BCUT2D eigenvalue weighted by atomic mass is 10.5. The van der Waals surface area contributed by atoms with Crippen molar-refractivity contribution in [3.05, 3.63) is 25.3 Å². The molecule has 8 heteroatoms. The van der Waals surface area contributed by atoms with E-state index < -0.39 is 19.5 Å². The zero-order valence-corrected chi connectivity index (χ0v) is 14.4. The molecule has 0 aromatic carbocycles. The first-order valence-corrected chi connectivity index (χ1v) is 9.16. The van der Waals surface area contributed by atoms with Crippen molar-refractivity contribution in [2.75, 3.05) is 32.6 Å². The van der Waals surface area contributed by atoms with Gasteiger partial charge >= 0.3 is 19.5 Å². The summed E-state index contributed by atoms with van der Waals surface area (Å²) in [6.45, 7) is 9.08. The zero-order valence-electron chi connectivity index (χ0n) is 13.5. The molecule has 0 aliphatic rings. The number of rotatable bonds is 14. The van der Waals surface area contributed by atoms with Crippen LogP contribution in [0, 0.1) is 0 Å². The average molecular weight is 348 g/mol. The standard InChI is InChI=1S/C15H25O7P/c1-4-13-23(18,21-11-7-9-19-14(16)5-2)22-12-8-10-20-15(17)6-3/h5-6H,2-4,7-13H2,1H3. The number of hydrogen-bond donors (Lipinski definition) is 0. The molecular weight excluding hydrogens is 323 g/mol. The van der Waals surface area contributed by atoms with Crippen molar-refractivity contribution < 1.29 is 32.7 Å². The van der Waals surface area contributed by atoms with Gasteiger partial charge in [0.1, 0.15) is 0 Å². The summed E-state index contributed by atoms with van der Waals surface area (Å²) in [7, 11) is -3.18. The van der Waals surface area contributed by atoms with E-state index in [0.717, 1.165) is 12.2 Å². The van der Waals surface area contributed by atoms with Crippen LogP contribution in [0.1, 0.15) is 26.2 Å². The molecule has 0 unspecified atom stereocenters. The van der Waals surface area contributed by atoms with E-state index in [1.54, 1.807) is 0 Å². The normalized spacial score (nSPS) is 10.8. The summed E-state index contributed by atoms with van der Waals surface area (Å²) >= 11 is 0. The summed E-state index contributed by atoms with van der Waals surface area (Å²) in [4.78, 5) is 21.7. The molecule has 0 radical (unpaired) electrons. The summed E-state index contributed by atoms with van der Waals surface area (Å²) < 4.78 is 32.7. The van der Waals surface area contributed by atoms with E-state index in [2.05, 4.69) is 13.2 Å². The van der Waals surface area contributed by atoms with Crippen molar-refractivity contribution in [3.8, 4) is 0 Å². The van der Waals surface area contributed by atoms with E-state index >= 15 is 0 Å². The number of carbonyl (C=O) groups excluding carboxylic acids is 2. The molecule has 132 valence electrons. The highest BCUT2D eigenvalue weighted by Gasteiger charge is 2.23. The fourth-order valence-electron chi connectivity index (χ4n) is 1.43. The molecule has 0 saturated carbocycles. The van der Waals surface area contributed by atoms with Crippen LogP contribution >= 0.6 is 7.60 Å². The Morgan fingerprint density at radius 1 is 0.913 bits per heavy atom. The minimum absolute atomic E-state index is 0.160. The van der Waals surface area contributed by atoms with Crippen molar-refractivity contribution in [1.82, 2.24) is 0 Å². The summed E-state index contributed by atoms with van der Waals surface area (Å²) in [5.41, 5.74) is 0. The molecule has 0 saturated heterocycles. The van der Waals surface area contributed by atoms with Crippen LogP contribution in [0.4, 0.5) is 0 Å². The highest BCUT2D eigenvalue weighted by Crippen LogP contribution is 2.48. The van der Waals surface area contributed by atoms with Crippen LogP contribution in [-0.2, 0) is 32.7 Å². The molecule has 0 fully saturated rings. The van der Waals surface area contributed by atoms with Gasteiger partial charge in [0.15, 0.2) is 0 Å². The van der Waals surface area contributed by atoms with E-state index in [9.17, 15) is 14.2 Å². The van der Waals surface area contributed by atoms with E-state index in [1.165, 1.54) is 0 Å². The van der Waals surface area contributed by atoms with Crippen LogP contribution in [0.25, 0.3) is 0 Å². The van der Waals surface area contributed by atoms with Gasteiger partial charge < -0.3 is 18.5 Å². The predicted molar refractivity (Wildman–Crippen MR) is 86.2 cm³/mol. The minimum Gasteiger partial charge on any atom is -0.462 e. The molecule has 0 rings (SSSR count). The van der Waals surface area contributed by atoms with Gasteiger partial charge in [0.25, 0.3) is 0 Å². The minimum atomic E-state index is -3.18. The molecular formula is C15H25O7P. The fraction of sp³-hybridized carbons (Fsp3) is 0.600. The van der Waals surface area contributed by atoms with Crippen molar-refractivity contribution in [2.45, 2.75) is 26.2 Å². The maximum absolute atomic E-state index is 12.4. The van der Waals surface area contributed by atoms with Gasteiger partial charge in [0.05, 0.1) is 26.4 Å². The summed E-state index contributed by atoms with van der Waals surface area (Å²) in [6, 6.07) is 0. The van der Waals surface area contributed by atoms with Gasteiger partial charge in [0, 0.05) is 31.2 Å². The molecule has 0 aromatic rings. The molecule has 23 heavy (non-hydrogen) atoms. The Morgan fingerprint density at radius 2 is 1.35 bits per heavy atom. The first kappa shape index (κ1) is 21.6. The molecule has 0 N–H and O–H groups in total. The Hall–Kier alpha value is -1.43. The van der Waals surface area contributed by atoms with Crippen LogP contribution < -0.4 is 0 Å². The molecule has 0 aliphatic heterocycles. The van der Waals surface area contributed by atoms with Gasteiger partial charge in [-0.3, -0.25) is 4.57 Å². The second-order valence-electron chi connectivity index (χ2n) is 4.45. The summed E-state index contributed by atoms with van der Waals surface area (Å²) in [5.74, 6) is -1.01. The van der Waals surface area contributed by atoms with Gasteiger partial charge in [-0.2, -0.15) is 0 Å². The van der Waals surface area contributed by atoms with Gasteiger partial charge in [-0.05, 0) is 6.42 Å². The van der Waals surface area contributed by atoms with E-state index in [-0.39, 0.29) is 26.4 Å². The molecule has 0 atom stereocenters. The van der Waals surface area contributed by atoms with Crippen molar-refractivity contribution in [3.63, 3.8) is 0 Å². The molecule has 0 aliphatic carbocycles. The van der Waals surface area contributed by atoms with E-state index in [4.69, 9.17) is 18.5 Å². The fourth-order valence-corrected chi connectivity index (χ4v) is 3.12. The molecule has 0 amide bonds. The Bertz CT molecular complexity index is 400. The third-order valence-corrected chi connectivity index (χ3v) is 4.62. The van der Waals surface area contributed by atoms with Gasteiger partial charge in [-0.25, -0.2) is 9.59 Å². The van der Waals surface area contributed by atoms with Crippen LogP contribution in [0.3, 0.4) is 0 Å².